The van der Waals surface area contributed by atoms with Crippen molar-refractivity contribution in [3.8, 4) is 0 Å². The average Bonchev–Trinajstić information content (AvgIpc) is 1.95. The Labute approximate surface area is 110 Å². The summed E-state index contributed by atoms with van der Waals surface area (Å²) in [5, 5.41) is 9.00. The number of aliphatic hydroxyl groups is 1. The molecule has 0 aliphatic heterocycles. The summed E-state index contributed by atoms with van der Waals surface area (Å²) in [6.45, 7) is 0. The molecule has 0 aromatic rings. The van der Waals surface area contributed by atoms with Crippen molar-refractivity contribution in [3.63, 3.8) is 0 Å². The van der Waals surface area contributed by atoms with Crippen LogP contribution in [0.4, 0.5) is 0 Å². The van der Waals surface area contributed by atoms with Gasteiger partial charge in [0.05, 0.1) is 6.42 Å². The third kappa shape index (κ3) is 5.61. The van der Waals surface area contributed by atoms with Crippen LogP contribution >= 0.6 is 15.9 Å². The second-order valence-electron chi connectivity index (χ2n) is 1.89. The third-order valence-electron chi connectivity index (χ3n) is 1.18. The van der Waals surface area contributed by atoms with Gasteiger partial charge in [-0.25, -0.2) is 0 Å². The molecule has 7 heteroatoms. The van der Waals surface area contributed by atoms with Crippen molar-refractivity contribution >= 4 is 21.6 Å². The number of allylic oxidation sites excluding steroid dienone is 3. The smallest absolute Gasteiger partial charge is 1.00 e. The van der Waals surface area contributed by atoms with E-state index in [4.69, 9.17) is 10.6 Å². The van der Waals surface area contributed by atoms with E-state index in [1.165, 1.54) is 6.08 Å². The fourth-order valence-corrected chi connectivity index (χ4v) is 1.06. The summed E-state index contributed by atoms with van der Waals surface area (Å²) in [7, 11) is 0. The average molecular weight is 337 g/mol. The minimum absolute atomic E-state index is 0. The maximum Gasteiger partial charge on any atom is 2.00 e. The van der Waals surface area contributed by atoms with Gasteiger partial charge in [0.1, 0.15) is 5.76 Å². The molecule has 0 saturated carbocycles. The van der Waals surface area contributed by atoms with Crippen molar-refractivity contribution in [3.05, 3.63) is 27.9 Å². The van der Waals surface area contributed by atoms with E-state index in [0.717, 1.165) is 0 Å². The third-order valence-corrected chi connectivity index (χ3v) is 1.86. The molecule has 0 atom stereocenters. The Morgan fingerprint density at radius 3 is 2.31 bits per heavy atom. The van der Waals surface area contributed by atoms with Crippen molar-refractivity contribution in [1.82, 2.24) is 0 Å². The molecular formula is C6H5BrCl2N2OZn. The summed E-state index contributed by atoms with van der Waals surface area (Å²) in [6, 6.07) is 0. The molecule has 0 heterocycles. The molecule has 68 valence electrons. The van der Waals surface area contributed by atoms with Gasteiger partial charge in [-0.2, -0.15) is 4.79 Å². The van der Waals surface area contributed by atoms with E-state index < -0.39 is 0 Å². The van der Waals surface area contributed by atoms with Crippen molar-refractivity contribution in [2.24, 2.45) is 0 Å². The zero-order chi connectivity index (χ0) is 7.56. The minimum Gasteiger partial charge on any atom is -1.00 e. The number of aliphatic hydroxyl groups excluding tert-OH is 1. The van der Waals surface area contributed by atoms with Crippen LogP contribution in [0.2, 0.25) is 0 Å². The molecule has 0 fully saturated rings. The summed E-state index contributed by atoms with van der Waals surface area (Å²) in [6.07, 6.45) is 3.47. The Morgan fingerprint density at radius 1 is 1.38 bits per heavy atom. The molecule has 0 unspecified atom stereocenters. The minimum atomic E-state index is 0. The largest absolute Gasteiger partial charge is 2.00 e. The number of hydrogen-bond donors (Lipinski definition) is 1. The van der Waals surface area contributed by atoms with E-state index in [-0.39, 0.29) is 50.1 Å². The molecule has 1 rings (SSSR count). The van der Waals surface area contributed by atoms with Gasteiger partial charge >= 0.3 is 19.5 Å². The molecule has 0 bridgehead atoms. The van der Waals surface area contributed by atoms with Crippen LogP contribution in [0.15, 0.2) is 22.4 Å². The van der Waals surface area contributed by atoms with Gasteiger partial charge in [-0.15, -0.1) is 0 Å². The molecule has 1 N–H and O–H groups in total. The summed E-state index contributed by atoms with van der Waals surface area (Å²) in [4.78, 5) is 2.99. The Hall–Kier alpha value is 0.343. The fourth-order valence-electron chi connectivity index (χ4n) is 0.643. The first kappa shape index (κ1) is 19.0. The zero-order valence-corrected chi connectivity index (χ0v) is 12.6. The van der Waals surface area contributed by atoms with Crippen LogP contribution in [0, 0.1) is 0 Å². The van der Waals surface area contributed by atoms with E-state index in [0.29, 0.717) is 16.6 Å². The molecule has 0 aromatic carbocycles. The van der Waals surface area contributed by atoms with E-state index >= 15 is 0 Å². The number of nitrogens with zero attached hydrogens (tertiary/aromatic N) is 2. The Morgan fingerprint density at radius 2 is 1.92 bits per heavy atom. The van der Waals surface area contributed by atoms with Gasteiger partial charge < -0.3 is 35.5 Å². The van der Waals surface area contributed by atoms with Gasteiger partial charge in [-0.3, -0.25) is 0 Å². The van der Waals surface area contributed by atoms with Crippen molar-refractivity contribution < 1.29 is 54.2 Å². The van der Waals surface area contributed by atoms with E-state index in [9.17, 15) is 0 Å². The van der Waals surface area contributed by atoms with Crippen molar-refractivity contribution in [2.75, 3.05) is 0 Å². The SMILES string of the molecule is [Cl-].[Cl-].[N-]=[N+]=C1C=CC(O)=C(Br)C1.[Zn+2]. The first-order chi connectivity index (χ1) is 4.74. The van der Waals surface area contributed by atoms with Crippen LogP contribution in [-0.4, -0.2) is 15.6 Å². The quantitative estimate of drug-likeness (QED) is 0.272. The summed E-state index contributed by atoms with van der Waals surface area (Å²) >= 11 is 3.12. The summed E-state index contributed by atoms with van der Waals surface area (Å²) < 4.78 is 0.641. The molecule has 1 aliphatic rings. The predicted molar refractivity (Wildman–Crippen MR) is 41.0 cm³/mol. The summed E-state index contributed by atoms with van der Waals surface area (Å²) in [5.41, 5.74) is 8.84. The molecule has 3 nitrogen and oxygen atoms in total. The van der Waals surface area contributed by atoms with Gasteiger partial charge in [0.15, 0.2) is 0 Å². The Kier molecular flexibility index (Phi) is 13.0. The van der Waals surface area contributed by atoms with Crippen molar-refractivity contribution in [1.29, 1.82) is 0 Å². The molecule has 0 saturated heterocycles. The zero-order valence-electron chi connectivity index (χ0n) is 6.54. The number of rotatable bonds is 0. The predicted octanol–water partition coefficient (Wildman–Crippen LogP) is -4.21. The van der Waals surface area contributed by atoms with Gasteiger partial charge in [0.2, 0.25) is 0 Å². The van der Waals surface area contributed by atoms with Crippen LogP contribution < -0.4 is 24.8 Å². The van der Waals surface area contributed by atoms with Crippen LogP contribution in [0.1, 0.15) is 6.42 Å². The Bertz CT molecular complexity index is 274. The second kappa shape index (κ2) is 8.92. The fraction of sp³-hybridized carbons (Fsp3) is 0.167. The van der Waals surface area contributed by atoms with Gasteiger partial charge in [0.25, 0.3) is 5.71 Å². The first-order valence-corrected chi connectivity index (χ1v) is 3.50. The van der Waals surface area contributed by atoms with Crippen molar-refractivity contribution in [2.45, 2.75) is 6.42 Å². The van der Waals surface area contributed by atoms with E-state index in [1.54, 1.807) is 6.08 Å². The monoisotopic (exact) mass is 334 g/mol. The number of hydrogen-bond acceptors (Lipinski definition) is 1. The number of halogens is 3. The van der Waals surface area contributed by atoms with Crippen LogP contribution in [0.3, 0.4) is 0 Å². The van der Waals surface area contributed by atoms with Crippen LogP contribution in [0.5, 0.6) is 0 Å². The maximum atomic E-state index is 9.00. The molecule has 0 amide bonds. The topological polar surface area (TPSA) is 56.6 Å². The molecule has 0 aromatic heterocycles. The first-order valence-electron chi connectivity index (χ1n) is 2.70. The summed E-state index contributed by atoms with van der Waals surface area (Å²) in [5.74, 6) is 0.187. The van der Waals surface area contributed by atoms with Crippen LogP contribution in [-0.2, 0) is 19.5 Å². The Balaban J connectivity index is -0.000000333. The molecule has 0 spiro atoms. The maximum absolute atomic E-state index is 9.00. The molecular weight excluding hydrogens is 332 g/mol. The van der Waals surface area contributed by atoms with Crippen LogP contribution in [0.25, 0.3) is 5.53 Å². The van der Waals surface area contributed by atoms with E-state index in [2.05, 4.69) is 20.7 Å². The molecule has 0 radical (unpaired) electrons. The van der Waals surface area contributed by atoms with Gasteiger partial charge in [0, 0.05) is 10.6 Å². The van der Waals surface area contributed by atoms with Gasteiger partial charge in [-0.1, -0.05) is 15.9 Å². The van der Waals surface area contributed by atoms with E-state index in [1.807, 2.05) is 0 Å². The molecule has 13 heavy (non-hydrogen) atoms. The molecule has 1 aliphatic carbocycles. The second-order valence-corrected chi connectivity index (χ2v) is 2.85. The van der Waals surface area contributed by atoms with Gasteiger partial charge in [-0.05, 0) is 6.08 Å². The normalized spacial score (nSPS) is 13.5. The standard InChI is InChI=1S/C6H5BrN2O.2ClH.Zn/c7-5-3-4(9-8)1-2-6(5)10;;;/h1-2,10H,3H2;2*1H;/q;;;+2/p-2.